The van der Waals surface area contributed by atoms with Gasteiger partial charge in [-0.15, -0.1) is 0 Å². The largest absolute Gasteiger partial charge is 0.492 e. The van der Waals surface area contributed by atoms with Gasteiger partial charge >= 0.3 is 0 Å². The quantitative estimate of drug-likeness (QED) is 0.575. The highest BCUT2D eigenvalue weighted by Crippen LogP contribution is 2.32. The van der Waals surface area contributed by atoms with Crippen molar-refractivity contribution in [2.45, 2.75) is 30.7 Å². The number of carbonyl (C=O) groups is 1. The molecular weight excluding hydrogens is 426 g/mol. The minimum Gasteiger partial charge on any atom is -0.492 e. The molecule has 2 aliphatic rings. The number of hydrogen-bond donors (Lipinski definition) is 0. The van der Waals surface area contributed by atoms with Crippen molar-refractivity contribution in [2.75, 3.05) is 19.4 Å². The molecule has 3 aromatic rings. The third-order valence-electron chi connectivity index (χ3n) is 5.95. The van der Waals surface area contributed by atoms with Gasteiger partial charge in [-0.05, 0) is 49.1 Å². The maximum absolute atomic E-state index is 13.5. The van der Waals surface area contributed by atoms with Crippen LogP contribution in [0, 0.1) is 5.92 Å². The van der Waals surface area contributed by atoms with Crippen molar-refractivity contribution in [3.8, 4) is 11.4 Å². The van der Waals surface area contributed by atoms with Gasteiger partial charge in [0.15, 0.2) is 9.84 Å². The van der Waals surface area contributed by atoms with Crippen molar-refractivity contribution in [1.29, 1.82) is 0 Å². The van der Waals surface area contributed by atoms with Gasteiger partial charge in [0.05, 0.1) is 28.4 Å². The SMILES string of the molecule is CS(=O)(=O)c1ccc(OCC2CC2)c(C(=O)N2CCc3nn(-c4ccccc4)cc3C2)c1. The third-order valence-corrected chi connectivity index (χ3v) is 7.06. The number of carbonyl (C=O) groups excluding carboxylic acids is 1. The lowest BCUT2D eigenvalue weighted by molar-refractivity contribution is 0.0729. The van der Waals surface area contributed by atoms with Crippen LogP contribution >= 0.6 is 0 Å². The average Bonchev–Trinajstić information content (AvgIpc) is 3.53. The van der Waals surface area contributed by atoms with E-state index in [1.165, 1.54) is 12.1 Å². The molecular formula is C24H25N3O4S. The van der Waals surface area contributed by atoms with Crippen LogP contribution in [0.1, 0.15) is 34.5 Å². The highest BCUT2D eigenvalue weighted by atomic mass is 32.2. The standard InChI is InChI=1S/C24H25N3O4S/c1-32(29,30)20-9-10-23(31-16-17-7-8-17)21(13-20)24(28)26-12-11-22-18(14-26)15-27(25-22)19-5-3-2-4-6-19/h2-6,9-10,13,15,17H,7-8,11-12,14,16H2,1H3. The molecule has 0 radical (unpaired) electrons. The highest BCUT2D eigenvalue weighted by molar-refractivity contribution is 7.90. The average molecular weight is 452 g/mol. The van der Waals surface area contributed by atoms with Crippen LogP contribution in [0.15, 0.2) is 59.6 Å². The van der Waals surface area contributed by atoms with E-state index in [9.17, 15) is 13.2 Å². The molecule has 0 bridgehead atoms. The first-order valence-electron chi connectivity index (χ1n) is 10.8. The second kappa shape index (κ2) is 8.09. The van der Waals surface area contributed by atoms with Gasteiger partial charge in [0.25, 0.3) is 5.91 Å². The Hall–Kier alpha value is -3.13. The molecule has 1 fully saturated rings. The number of fused-ring (bicyclic) bond motifs is 1. The summed E-state index contributed by atoms with van der Waals surface area (Å²) in [6.45, 7) is 1.49. The second-order valence-corrected chi connectivity index (χ2v) is 10.6. The maximum Gasteiger partial charge on any atom is 0.257 e. The Bertz CT molecular complexity index is 1260. The summed E-state index contributed by atoms with van der Waals surface area (Å²) in [5.74, 6) is 0.744. The summed E-state index contributed by atoms with van der Waals surface area (Å²) in [5, 5.41) is 4.68. The molecule has 2 aromatic carbocycles. The van der Waals surface area contributed by atoms with Crippen LogP contribution in [0.2, 0.25) is 0 Å². The Kier molecular flexibility index (Phi) is 5.25. The highest BCUT2D eigenvalue weighted by Gasteiger charge is 2.28. The molecule has 7 nitrogen and oxygen atoms in total. The molecule has 1 aliphatic carbocycles. The molecule has 8 heteroatoms. The number of aromatic nitrogens is 2. The zero-order chi connectivity index (χ0) is 22.3. The monoisotopic (exact) mass is 451 g/mol. The number of rotatable bonds is 6. The van der Waals surface area contributed by atoms with E-state index in [0.717, 1.165) is 36.0 Å². The molecule has 0 unspecified atom stereocenters. The first kappa shape index (κ1) is 20.8. The van der Waals surface area contributed by atoms with E-state index in [2.05, 4.69) is 5.10 Å². The third kappa shape index (κ3) is 4.27. The summed E-state index contributed by atoms with van der Waals surface area (Å²) in [6.07, 6.45) is 6.01. The normalized spacial score (nSPS) is 16.0. The van der Waals surface area contributed by atoms with Crippen molar-refractivity contribution in [3.05, 3.63) is 71.5 Å². The van der Waals surface area contributed by atoms with Crippen LogP contribution in [0.3, 0.4) is 0 Å². The van der Waals surface area contributed by atoms with E-state index < -0.39 is 9.84 Å². The molecule has 0 saturated heterocycles. The lowest BCUT2D eigenvalue weighted by Crippen LogP contribution is -2.36. The predicted molar refractivity (Wildman–Crippen MR) is 120 cm³/mol. The smallest absolute Gasteiger partial charge is 0.257 e. The molecule has 2 heterocycles. The first-order chi connectivity index (χ1) is 15.4. The number of benzene rings is 2. The number of para-hydroxylation sites is 1. The Morgan fingerprint density at radius 3 is 2.66 bits per heavy atom. The van der Waals surface area contributed by atoms with Gasteiger partial charge in [-0.2, -0.15) is 5.10 Å². The fourth-order valence-corrected chi connectivity index (χ4v) is 4.54. The Morgan fingerprint density at radius 2 is 1.94 bits per heavy atom. The van der Waals surface area contributed by atoms with Crippen LogP contribution in [-0.2, 0) is 22.8 Å². The van der Waals surface area contributed by atoms with Crippen LogP contribution in [0.4, 0.5) is 0 Å². The minimum absolute atomic E-state index is 0.120. The Labute approximate surface area is 187 Å². The fourth-order valence-electron chi connectivity index (χ4n) is 3.90. The summed E-state index contributed by atoms with van der Waals surface area (Å²) in [7, 11) is -3.44. The van der Waals surface area contributed by atoms with E-state index in [1.54, 1.807) is 11.0 Å². The molecule has 5 rings (SSSR count). The van der Waals surface area contributed by atoms with E-state index >= 15 is 0 Å². The van der Waals surface area contributed by atoms with Crippen molar-refractivity contribution >= 4 is 15.7 Å². The molecule has 32 heavy (non-hydrogen) atoms. The van der Waals surface area contributed by atoms with Crippen LogP contribution in [0.5, 0.6) is 5.75 Å². The van der Waals surface area contributed by atoms with Gasteiger partial charge in [0.1, 0.15) is 5.75 Å². The lowest BCUT2D eigenvalue weighted by Gasteiger charge is -2.27. The molecule has 1 aromatic heterocycles. The Morgan fingerprint density at radius 1 is 1.16 bits per heavy atom. The number of amides is 1. The van der Waals surface area contributed by atoms with E-state index in [1.807, 2.05) is 41.2 Å². The molecule has 1 aliphatic heterocycles. The summed E-state index contributed by atoms with van der Waals surface area (Å²) in [4.78, 5) is 15.3. The van der Waals surface area contributed by atoms with Crippen molar-refractivity contribution in [3.63, 3.8) is 0 Å². The summed E-state index contributed by atoms with van der Waals surface area (Å²) in [6, 6.07) is 14.4. The van der Waals surface area contributed by atoms with Crippen molar-refractivity contribution in [1.82, 2.24) is 14.7 Å². The molecule has 0 atom stereocenters. The lowest BCUT2D eigenvalue weighted by atomic mass is 10.1. The van der Waals surface area contributed by atoms with E-state index in [-0.39, 0.29) is 10.8 Å². The number of ether oxygens (including phenoxy) is 1. The van der Waals surface area contributed by atoms with Crippen LogP contribution < -0.4 is 4.74 Å². The molecule has 0 N–H and O–H groups in total. The predicted octanol–water partition coefficient (Wildman–Crippen LogP) is 3.26. The summed E-state index contributed by atoms with van der Waals surface area (Å²) in [5.41, 5.74) is 3.24. The number of nitrogens with zero attached hydrogens (tertiary/aromatic N) is 3. The topological polar surface area (TPSA) is 81.5 Å². The van der Waals surface area contributed by atoms with Gasteiger partial charge in [0, 0.05) is 37.5 Å². The molecule has 1 saturated carbocycles. The second-order valence-electron chi connectivity index (χ2n) is 8.54. The molecule has 1 amide bonds. The summed E-state index contributed by atoms with van der Waals surface area (Å²) >= 11 is 0. The van der Waals surface area contributed by atoms with E-state index in [0.29, 0.717) is 43.3 Å². The Balaban J connectivity index is 1.42. The summed E-state index contributed by atoms with van der Waals surface area (Å²) < 4.78 is 31.9. The fraction of sp³-hybridized carbons (Fsp3) is 0.333. The minimum atomic E-state index is -3.44. The molecule has 166 valence electrons. The maximum atomic E-state index is 13.5. The zero-order valence-corrected chi connectivity index (χ0v) is 18.7. The van der Waals surface area contributed by atoms with Gasteiger partial charge in [-0.25, -0.2) is 13.1 Å². The number of sulfone groups is 1. The van der Waals surface area contributed by atoms with Gasteiger partial charge in [-0.3, -0.25) is 4.79 Å². The molecule has 0 spiro atoms. The van der Waals surface area contributed by atoms with Crippen LogP contribution in [-0.4, -0.2) is 48.4 Å². The van der Waals surface area contributed by atoms with Crippen LogP contribution in [0.25, 0.3) is 5.69 Å². The van der Waals surface area contributed by atoms with Crippen molar-refractivity contribution in [2.24, 2.45) is 5.92 Å². The van der Waals surface area contributed by atoms with Crippen molar-refractivity contribution < 1.29 is 17.9 Å². The van der Waals surface area contributed by atoms with Gasteiger partial charge in [-0.1, -0.05) is 18.2 Å². The zero-order valence-electron chi connectivity index (χ0n) is 17.9. The van der Waals surface area contributed by atoms with E-state index in [4.69, 9.17) is 4.74 Å². The van der Waals surface area contributed by atoms with Gasteiger partial charge < -0.3 is 9.64 Å². The number of hydrogen-bond acceptors (Lipinski definition) is 5. The first-order valence-corrected chi connectivity index (χ1v) is 12.7. The van der Waals surface area contributed by atoms with Gasteiger partial charge in [0.2, 0.25) is 0 Å².